The Balaban J connectivity index is 1.46. The highest BCUT2D eigenvalue weighted by atomic mass is 35.5. The average Bonchev–Trinajstić information content (AvgIpc) is 3.13. The van der Waals surface area contributed by atoms with Crippen LogP contribution in [0.25, 0.3) is 0 Å². The van der Waals surface area contributed by atoms with E-state index >= 15 is 0 Å². The van der Waals surface area contributed by atoms with Crippen LogP contribution in [0.1, 0.15) is 107 Å². The van der Waals surface area contributed by atoms with Crippen molar-refractivity contribution in [2.75, 3.05) is 13.2 Å². The van der Waals surface area contributed by atoms with Crippen LogP contribution in [0.3, 0.4) is 0 Å². The van der Waals surface area contributed by atoms with Crippen molar-refractivity contribution < 1.29 is 24.9 Å². The third-order valence-electron chi connectivity index (χ3n) is 7.82. The number of hydrogen-bond donors (Lipinski definition) is 3. The van der Waals surface area contributed by atoms with Gasteiger partial charge >= 0.3 is 5.97 Å². The van der Waals surface area contributed by atoms with E-state index in [2.05, 4.69) is 12.1 Å². The van der Waals surface area contributed by atoms with Crippen LogP contribution in [0, 0.1) is 11.8 Å². The number of carbonyl (C=O) groups excluding carboxylic acids is 1. The fraction of sp³-hybridized carbons (Fsp3) is 0.750. The smallest absolute Gasteiger partial charge is 0.305 e. The molecule has 0 aliphatic heterocycles. The summed E-state index contributed by atoms with van der Waals surface area (Å²) >= 11 is 6.66. The van der Waals surface area contributed by atoms with Gasteiger partial charge in [0.2, 0.25) is 0 Å². The van der Waals surface area contributed by atoms with Gasteiger partial charge in [-0.05, 0) is 48.6 Å². The quantitative estimate of drug-likeness (QED) is 0.188. The van der Waals surface area contributed by atoms with Crippen LogP contribution in [-0.2, 0) is 9.53 Å². The van der Waals surface area contributed by atoms with Crippen molar-refractivity contribution >= 4 is 17.6 Å². The lowest BCUT2D eigenvalue weighted by Crippen LogP contribution is -2.19. The van der Waals surface area contributed by atoms with Crippen molar-refractivity contribution in [2.24, 2.45) is 11.8 Å². The lowest BCUT2D eigenvalue weighted by molar-refractivity contribution is -0.144. The van der Waals surface area contributed by atoms with Gasteiger partial charge in [0.25, 0.3) is 0 Å². The van der Waals surface area contributed by atoms with Crippen LogP contribution in [0.2, 0.25) is 0 Å². The van der Waals surface area contributed by atoms with Gasteiger partial charge in [0, 0.05) is 17.7 Å². The fourth-order valence-electron chi connectivity index (χ4n) is 5.94. The normalized spacial score (nSPS) is 26.5. The molecule has 0 bridgehead atoms. The standard InChI is InChI=1S/C28H43ClO5/c29-24-19-26(32)28(23(24)10-6-1-2-7-11-27(33)34-17-16-30)22-14-12-21(13-15-22)25(31)18-20-8-4-3-5-9-20/h12-15,20,23-26,28,30-32H,1-11,16-19H2/t23-,24+,25?,26+,28+/m0/s1. The minimum atomic E-state index is -0.438. The van der Waals surface area contributed by atoms with Crippen molar-refractivity contribution in [3.8, 4) is 0 Å². The molecule has 192 valence electrons. The molecule has 0 heterocycles. The number of aliphatic hydroxyl groups is 3. The summed E-state index contributed by atoms with van der Waals surface area (Å²) in [5, 5.41) is 30.1. The molecule has 0 amide bonds. The van der Waals surface area contributed by atoms with Gasteiger partial charge in [0.1, 0.15) is 6.61 Å². The number of benzene rings is 1. The summed E-state index contributed by atoms with van der Waals surface area (Å²) in [6, 6.07) is 8.22. The molecular weight excluding hydrogens is 452 g/mol. The van der Waals surface area contributed by atoms with E-state index in [0.29, 0.717) is 18.8 Å². The number of esters is 1. The first-order valence-electron chi connectivity index (χ1n) is 13.4. The van der Waals surface area contributed by atoms with E-state index in [4.69, 9.17) is 21.4 Å². The Hall–Kier alpha value is -1.14. The van der Waals surface area contributed by atoms with Crippen LogP contribution < -0.4 is 0 Å². The third-order valence-corrected chi connectivity index (χ3v) is 8.32. The average molecular weight is 495 g/mol. The van der Waals surface area contributed by atoms with Crippen molar-refractivity contribution in [1.82, 2.24) is 0 Å². The Morgan fingerprint density at radius 2 is 1.76 bits per heavy atom. The number of ether oxygens (including phenoxy) is 1. The summed E-state index contributed by atoms with van der Waals surface area (Å²) in [6.07, 6.45) is 12.1. The van der Waals surface area contributed by atoms with Gasteiger partial charge in [-0.1, -0.05) is 75.6 Å². The number of rotatable bonds is 13. The van der Waals surface area contributed by atoms with Crippen LogP contribution in [0.5, 0.6) is 0 Å². The zero-order valence-electron chi connectivity index (χ0n) is 20.4. The Morgan fingerprint density at radius 1 is 1.06 bits per heavy atom. The maximum Gasteiger partial charge on any atom is 0.305 e. The molecule has 1 aromatic carbocycles. The predicted octanol–water partition coefficient (Wildman–Crippen LogP) is 5.64. The summed E-state index contributed by atoms with van der Waals surface area (Å²) in [5.74, 6) is 0.638. The minimum absolute atomic E-state index is 0.0282. The second-order valence-corrected chi connectivity index (χ2v) is 10.9. The first-order chi connectivity index (χ1) is 16.5. The Bertz CT molecular complexity index is 718. The zero-order valence-corrected chi connectivity index (χ0v) is 21.2. The van der Waals surface area contributed by atoms with Crippen molar-refractivity contribution in [3.63, 3.8) is 0 Å². The maximum atomic E-state index is 11.5. The van der Waals surface area contributed by atoms with Crippen LogP contribution >= 0.6 is 11.6 Å². The van der Waals surface area contributed by atoms with E-state index in [-0.39, 0.29) is 36.4 Å². The number of halogens is 1. The Morgan fingerprint density at radius 3 is 2.47 bits per heavy atom. The Labute approximate surface area is 209 Å². The van der Waals surface area contributed by atoms with Crippen molar-refractivity contribution in [2.45, 2.75) is 107 Å². The molecule has 1 unspecified atom stereocenters. The summed E-state index contributed by atoms with van der Waals surface area (Å²) in [7, 11) is 0. The largest absolute Gasteiger partial charge is 0.463 e. The van der Waals surface area contributed by atoms with E-state index in [9.17, 15) is 15.0 Å². The molecule has 3 rings (SSSR count). The molecule has 0 radical (unpaired) electrons. The SMILES string of the molecule is O=C(CCCCCC[C@@H]1[C@@H](c2ccc(C(O)CC3CCCCC3)cc2)[C@H](O)C[C@H]1Cl)OCCO. The van der Waals surface area contributed by atoms with Gasteiger partial charge in [-0.2, -0.15) is 0 Å². The maximum absolute atomic E-state index is 11.5. The molecule has 0 saturated heterocycles. The molecule has 2 saturated carbocycles. The van der Waals surface area contributed by atoms with E-state index in [0.717, 1.165) is 49.7 Å². The lowest BCUT2D eigenvalue weighted by atomic mass is 9.82. The van der Waals surface area contributed by atoms with Gasteiger partial charge in [-0.25, -0.2) is 0 Å². The van der Waals surface area contributed by atoms with E-state index in [1.54, 1.807) is 0 Å². The molecule has 2 fully saturated rings. The molecule has 6 heteroatoms. The molecule has 0 spiro atoms. The van der Waals surface area contributed by atoms with Gasteiger partial charge in [-0.3, -0.25) is 4.79 Å². The summed E-state index contributed by atoms with van der Waals surface area (Å²) in [5.41, 5.74) is 2.08. The molecule has 5 atom stereocenters. The molecule has 0 aromatic heterocycles. The van der Waals surface area contributed by atoms with E-state index < -0.39 is 12.2 Å². The Kier molecular flexibility index (Phi) is 11.6. The molecular formula is C28H43ClO5. The first-order valence-corrected chi connectivity index (χ1v) is 13.8. The summed E-state index contributed by atoms with van der Waals surface area (Å²) in [4.78, 5) is 11.5. The second-order valence-electron chi connectivity index (χ2n) is 10.3. The van der Waals surface area contributed by atoms with Crippen LogP contribution in [0.15, 0.2) is 24.3 Å². The number of unbranched alkanes of at least 4 members (excludes halogenated alkanes) is 3. The number of hydrogen-bond acceptors (Lipinski definition) is 5. The highest BCUT2D eigenvalue weighted by Crippen LogP contribution is 2.45. The van der Waals surface area contributed by atoms with Crippen molar-refractivity contribution in [1.29, 1.82) is 0 Å². The number of alkyl halides is 1. The van der Waals surface area contributed by atoms with Gasteiger partial charge < -0.3 is 20.1 Å². The number of aliphatic hydroxyl groups excluding tert-OH is 3. The monoisotopic (exact) mass is 494 g/mol. The molecule has 2 aliphatic rings. The number of carbonyl (C=O) groups is 1. The summed E-state index contributed by atoms with van der Waals surface area (Å²) in [6.45, 7) is -0.0642. The predicted molar refractivity (Wildman–Crippen MR) is 135 cm³/mol. The van der Waals surface area contributed by atoms with Crippen LogP contribution in [0.4, 0.5) is 0 Å². The summed E-state index contributed by atoms with van der Waals surface area (Å²) < 4.78 is 4.88. The zero-order chi connectivity index (χ0) is 24.3. The highest BCUT2D eigenvalue weighted by Gasteiger charge is 2.41. The highest BCUT2D eigenvalue weighted by molar-refractivity contribution is 6.21. The minimum Gasteiger partial charge on any atom is -0.463 e. The fourth-order valence-corrected chi connectivity index (χ4v) is 6.41. The second kappa shape index (κ2) is 14.4. The lowest BCUT2D eigenvalue weighted by Gasteiger charge is -2.26. The molecule has 3 N–H and O–H groups in total. The first kappa shape index (κ1) is 27.4. The molecule has 1 aromatic rings. The van der Waals surface area contributed by atoms with Gasteiger partial charge in [-0.15, -0.1) is 11.6 Å². The van der Waals surface area contributed by atoms with Gasteiger partial charge in [0.05, 0.1) is 18.8 Å². The molecule has 5 nitrogen and oxygen atoms in total. The van der Waals surface area contributed by atoms with E-state index in [1.165, 1.54) is 32.1 Å². The van der Waals surface area contributed by atoms with Gasteiger partial charge in [0.15, 0.2) is 0 Å². The molecule has 2 aliphatic carbocycles. The molecule has 34 heavy (non-hydrogen) atoms. The van der Waals surface area contributed by atoms with Crippen molar-refractivity contribution in [3.05, 3.63) is 35.4 Å². The van der Waals surface area contributed by atoms with E-state index in [1.807, 2.05) is 12.1 Å². The topological polar surface area (TPSA) is 87.0 Å². The van der Waals surface area contributed by atoms with Crippen LogP contribution in [-0.4, -0.2) is 46.0 Å². The third kappa shape index (κ3) is 8.22.